The first kappa shape index (κ1) is 17.7. The summed E-state index contributed by atoms with van der Waals surface area (Å²) >= 11 is 0. The highest BCUT2D eigenvalue weighted by atomic mass is 32.2. The number of sulfonamides is 2. The third-order valence-electron chi connectivity index (χ3n) is 3.99. The van der Waals surface area contributed by atoms with Crippen LogP contribution in [0, 0.1) is 0 Å². The Morgan fingerprint density at radius 3 is 2.29 bits per heavy atom. The minimum Gasteiger partial charge on any atom is -0.346 e. The first-order chi connectivity index (χ1) is 11.2. The molecule has 1 spiro atoms. The van der Waals surface area contributed by atoms with Gasteiger partial charge in [0.1, 0.15) is 4.90 Å². The number of hydrogen-bond acceptors (Lipinski definition) is 7. The molecule has 1 aromatic rings. The van der Waals surface area contributed by atoms with Gasteiger partial charge in [0.15, 0.2) is 5.79 Å². The highest BCUT2D eigenvalue weighted by Crippen LogP contribution is 2.28. The van der Waals surface area contributed by atoms with E-state index >= 15 is 0 Å². The standard InChI is InChI=1S/C13H19N3O6S2/c1-23(17,18)15-5-7-21-13(10-15)11-16(6-8-22-13)24(19,20)12-3-2-4-14-9-12/h2-4,9H,5-8,10-11H2,1H3. The molecule has 2 fully saturated rings. The van der Waals surface area contributed by atoms with Crippen LogP contribution in [-0.4, -0.2) is 81.9 Å². The van der Waals surface area contributed by atoms with Crippen LogP contribution in [0.2, 0.25) is 0 Å². The molecule has 2 aliphatic heterocycles. The van der Waals surface area contributed by atoms with Crippen molar-refractivity contribution in [1.29, 1.82) is 0 Å². The van der Waals surface area contributed by atoms with Crippen LogP contribution in [0.15, 0.2) is 29.4 Å². The van der Waals surface area contributed by atoms with Gasteiger partial charge in [0.25, 0.3) is 0 Å². The largest absolute Gasteiger partial charge is 0.346 e. The van der Waals surface area contributed by atoms with E-state index in [9.17, 15) is 16.8 Å². The predicted molar refractivity (Wildman–Crippen MR) is 84.0 cm³/mol. The van der Waals surface area contributed by atoms with Crippen molar-refractivity contribution >= 4 is 20.0 Å². The molecule has 0 aliphatic carbocycles. The van der Waals surface area contributed by atoms with E-state index in [0.29, 0.717) is 0 Å². The zero-order valence-electron chi connectivity index (χ0n) is 13.2. The molecular formula is C13H19N3O6S2. The predicted octanol–water partition coefficient (Wildman–Crippen LogP) is -0.909. The monoisotopic (exact) mass is 377 g/mol. The van der Waals surface area contributed by atoms with Gasteiger partial charge < -0.3 is 9.47 Å². The molecule has 2 saturated heterocycles. The molecule has 0 N–H and O–H groups in total. The van der Waals surface area contributed by atoms with E-state index in [2.05, 4.69) is 4.98 Å². The Labute approximate surface area is 141 Å². The maximum absolute atomic E-state index is 12.7. The second-order valence-electron chi connectivity index (χ2n) is 5.73. The molecule has 0 aromatic carbocycles. The van der Waals surface area contributed by atoms with Gasteiger partial charge in [-0.25, -0.2) is 16.8 Å². The number of morpholine rings is 2. The van der Waals surface area contributed by atoms with Crippen molar-refractivity contribution < 1.29 is 26.3 Å². The Bertz CT molecular complexity index is 794. The second-order valence-corrected chi connectivity index (χ2v) is 9.65. The Morgan fingerprint density at radius 1 is 1.08 bits per heavy atom. The van der Waals surface area contributed by atoms with Crippen molar-refractivity contribution in [2.45, 2.75) is 10.7 Å². The van der Waals surface area contributed by atoms with Crippen LogP contribution < -0.4 is 0 Å². The molecule has 9 nitrogen and oxygen atoms in total. The minimum absolute atomic E-state index is 0.0368. The molecule has 3 heterocycles. The zero-order chi connectivity index (χ0) is 17.4. The molecule has 0 saturated carbocycles. The van der Waals surface area contributed by atoms with Crippen LogP contribution >= 0.6 is 0 Å². The van der Waals surface area contributed by atoms with E-state index in [1.165, 1.54) is 27.1 Å². The molecule has 0 radical (unpaired) electrons. The van der Waals surface area contributed by atoms with Crippen LogP contribution in [0.1, 0.15) is 0 Å². The van der Waals surface area contributed by atoms with Gasteiger partial charge in [-0.3, -0.25) is 4.98 Å². The summed E-state index contributed by atoms with van der Waals surface area (Å²) in [6.07, 6.45) is 3.88. The SMILES string of the molecule is CS(=O)(=O)N1CCOC2(C1)CN(S(=O)(=O)c1cccnc1)CCO2. The van der Waals surface area contributed by atoms with Crippen LogP contribution in [-0.2, 0) is 29.5 Å². The van der Waals surface area contributed by atoms with E-state index in [-0.39, 0.29) is 44.3 Å². The average molecular weight is 377 g/mol. The first-order valence-corrected chi connectivity index (χ1v) is 10.7. The number of rotatable bonds is 3. The Kier molecular flexibility index (Phi) is 4.66. The molecule has 0 amide bonds. The van der Waals surface area contributed by atoms with Gasteiger partial charge in [0, 0.05) is 25.5 Å². The molecule has 2 aliphatic rings. The molecular weight excluding hydrogens is 358 g/mol. The third-order valence-corrected chi connectivity index (χ3v) is 7.07. The molecule has 11 heteroatoms. The van der Waals surface area contributed by atoms with Gasteiger partial charge in [-0.15, -0.1) is 0 Å². The van der Waals surface area contributed by atoms with Crippen molar-refractivity contribution in [2.24, 2.45) is 0 Å². The lowest BCUT2D eigenvalue weighted by Crippen LogP contribution is -2.63. The molecule has 24 heavy (non-hydrogen) atoms. The molecule has 1 unspecified atom stereocenters. The van der Waals surface area contributed by atoms with Crippen molar-refractivity contribution in [2.75, 3.05) is 45.6 Å². The Hall–Kier alpha value is -1.11. The van der Waals surface area contributed by atoms with Gasteiger partial charge in [-0.05, 0) is 12.1 Å². The fraction of sp³-hybridized carbons (Fsp3) is 0.615. The number of ether oxygens (including phenoxy) is 2. The molecule has 1 aromatic heterocycles. The zero-order valence-corrected chi connectivity index (χ0v) is 14.8. The maximum Gasteiger partial charge on any atom is 0.244 e. The lowest BCUT2D eigenvalue weighted by molar-refractivity contribution is -0.276. The minimum atomic E-state index is -3.75. The fourth-order valence-corrected chi connectivity index (χ4v) is 5.04. The average Bonchev–Trinajstić information content (AvgIpc) is 2.55. The van der Waals surface area contributed by atoms with Crippen LogP contribution in [0.5, 0.6) is 0 Å². The topological polar surface area (TPSA) is 106 Å². The van der Waals surface area contributed by atoms with Gasteiger partial charge in [0.2, 0.25) is 20.0 Å². The first-order valence-electron chi connectivity index (χ1n) is 7.36. The summed E-state index contributed by atoms with van der Waals surface area (Å²) in [5, 5.41) is 0. The normalized spacial score (nSPS) is 27.4. The summed E-state index contributed by atoms with van der Waals surface area (Å²) in [6, 6.07) is 3.01. The quantitative estimate of drug-likeness (QED) is 0.671. The second kappa shape index (κ2) is 6.32. The Morgan fingerprint density at radius 2 is 1.71 bits per heavy atom. The lowest BCUT2D eigenvalue weighted by Gasteiger charge is -2.46. The number of aromatic nitrogens is 1. The summed E-state index contributed by atoms with van der Waals surface area (Å²) in [5.74, 6) is -1.28. The van der Waals surface area contributed by atoms with Gasteiger partial charge in [-0.1, -0.05) is 0 Å². The third kappa shape index (κ3) is 3.46. The molecule has 134 valence electrons. The van der Waals surface area contributed by atoms with Crippen LogP contribution in [0.4, 0.5) is 0 Å². The van der Waals surface area contributed by atoms with Crippen LogP contribution in [0.3, 0.4) is 0 Å². The summed E-state index contributed by atoms with van der Waals surface area (Å²) < 4.78 is 62.8. The van der Waals surface area contributed by atoms with Gasteiger partial charge in [-0.2, -0.15) is 8.61 Å². The summed E-state index contributed by atoms with van der Waals surface area (Å²) in [7, 11) is -7.16. The maximum atomic E-state index is 12.7. The Balaban J connectivity index is 1.84. The van der Waals surface area contributed by atoms with Crippen molar-refractivity contribution in [3.8, 4) is 0 Å². The molecule has 0 bridgehead atoms. The highest BCUT2D eigenvalue weighted by molar-refractivity contribution is 7.89. The fourth-order valence-electron chi connectivity index (χ4n) is 2.77. The van der Waals surface area contributed by atoms with Crippen molar-refractivity contribution in [1.82, 2.24) is 13.6 Å². The van der Waals surface area contributed by atoms with E-state index < -0.39 is 25.8 Å². The van der Waals surface area contributed by atoms with Crippen molar-refractivity contribution in [3.05, 3.63) is 24.5 Å². The summed E-state index contributed by atoms with van der Waals surface area (Å²) in [5.41, 5.74) is 0. The van der Waals surface area contributed by atoms with Gasteiger partial charge >= 0.3 is 0 Å². The van der Waals surface area contributed by atoms with E-state index in [1.807, 2.05) is 0 Å². The van der Waals surface area contributed by atoms with E-state index in [1.54, 1.807) is 6.07 Å². The lowest BCUT2D eigenvalue weighted by atomic mass is 10.2. The van der Waals surface area contributed by atoms with Crippen molar-refractivity contribution in [3.63, 3.8) is 0 Å². The molecule has 3 rings (SSSR count). The highest BCUT2D eigenvalue weighted by Gasteiger charge is 2.46. The molecule has 1 atom stereocenters. The number of pyridine rings is 1. The smallest absolute Gasteiger partial charge is 0.244 e. The van der Waals surface area contributed by atoms with E-state index in [4.69, 9.17) is 9.47 Å². The van der Waals surface area contributed by atoms with Crippen LogP contribution in [0.25, 0.3) is 0 Å². The summed E-state index contributed by atoms with van der Waals surface area (Å²) in [4.78, 5) is 3.92. The van der Waals surface area contributed by atoms with E-state index in [0.717, 1.165) is 6.26 Å². The summed E-state index contributed by atoms with van der Waals surface area (Å²) in [6.45, 7) is 0.548. The number of hydrogen-bond donors (Lipinski definition) is 0. The number of nitrogens with zero attached hydrogens (tertiary/aromatic N) is 3. The van der Waals surface area contributed by atoms with Gasteiger partial charge in [0.05, 0.1) is 32.6 Å².